The fourth-order valence-corrected chi connectivity index (χ4v) is 4.90. The van der Waals surface area contributed by atoms with Crippen molar-refractivity contribution in [2.24, 2.45) is 0 Å². The van der Waals surface area contributed by atoms with Crippen LogP contribution in [0.25, 0.3) is 0 Å². The number of methoxy groups -OCH3 is 2. The topological polar surface area (TPSA) is 136 Å². The van der Waals surface area contributed by atoms with Crippen LogP contribution in [-0.2, 0) is 46.8 Å². The van der Waals surface area contributed by atoms with E-state index >= 15 is 0 Å². The Balaban J connectivity index is 0.000000869. The normalized spacial score (nSPS) is 13.5. The van der Waals surface area contributed by atoms with Crippen molar-refractivity contribution in [3.63, 3.8) is 0 Å². The van der Waals surface area contributed by atoms with Crippen LogP contribution < -0.4 is 5.32 Å². The second-order valence-corrected chi connectivity index (χ2v) is 11.2. The van der Waals surface area contributed by atoms with Gasteiger partial charge in [-0.15, -0.1) is 0 Å². The minimum atomic E-state index is -4.25. The van der Waals surface area contributed by atoms with Crippen molar-refractivity contribution < 1.29 is 41.5 Å². The number of hydrogen-bond donors (Lipinski definition) is 2. The standard InChI is InChI=1S/C17H25NO6S.C11H14O2.FH/c1-13(19)17(24-4,10-14-8-6-5-7-9-14)11-15(20)18-16(2,3)12-25(21,22)23;1-9(12)11(13-2)8-10-6-4-3-5-7-10;/h5-9H,10-12H2,1-4H3,(H,18,20)(H,21,22,23);3-7,11H,8H2,1-2H3;1H. The van der Waals surface area contributed by atoms with Crippen LogP contribution >= 0.6 is 0 Å². The zero-order valence-electron chi connectivity index (χ0n) is 23.3. The Morgan fingerprint density at radius 3 is 1.79 bits per heavy atom. The molecular weight excluding hydrogens is 529 g/mol. The highest BCUT2D eigenvalue weighted by atomic mass is 32.2. The van der Waals surface area contributed by atoms with E-state index in [0.717, 1.165) is 11.1 Å². The molecule has 2 N–H and O–H groups in total. The molecule has 0 fully saturated rings. The average Bonchev–Trinajstić information content (AvgIpc) is 2.81. The smallest absolute Gasteiger partial charge is 0.267 e. The fourth-order valence-electron chi connectivity index (χ4n) is 3.92. The number of hydrogen-bond acceptors (Lipinski definition) is 7. The highest BCUT2D eigenvalue weighted by Gasteiger charge is 2.39. The molecule has 0 bridgehead atoms. The van der Waals surface area contributed by atoms with Crippen molar-refractivity contribution in [3.05, 3.63) is 71.8 Å². The van der Waals surface area contributed by atoms with Gasteiger partial charge < -0.3 is 14.8 Å². The molecule has 0 aliphatic heterocycles. The predicted octanol–water partition coefficient (Wildman–Crippen LogP) is 3.36. The second-order valence-electron chi connectivity index (χ2n) is 9.78. The van der Waals surface area contributed by atoms with E-state index in [1.165, 1.54) is 27.9 Å². The molecule has 2 unspecified atom stereocenters. The first-order valence-electron chi connectivity index (χ1n) is 12.1. The Bertz CT molecular complexity index is 1160. The molecule has 0 aliphatic carbocycles. The van der Waals surface area contributed by atoms with Crippen molar-refractivity contribution in [3.8, 4) is 0 Å². The van der Waals surface area contributed by atoms with Crippen molar-refractivity contribution in [1.82, 2.24) is 5.32 Å². The molecule has 11 heteroatoms. The Morgan fingerprint density at radius 2 is 1.41 bits per heavy atom. The first kappa shape index (κ1) is 36.0. The number of ether oxygens (including phenoxy) is 2. The molecule has 2 aromatic carbocycles. The summed E-state index contributed by atoms with van der Waals surface area (Å²) in [4.78, 5) is 35.6. The molecule has 9 nitrogen and oxygen atoms in total. The van der Waals surface area contributed by atoms with Gasteiger partial charge >= 0.3 is 0 Å². The minimum absolute atomic E-state index is 0. The molecule has 0 aromatic heterocycles. The summed E-state index contributed by atoms with van der Waals surface area (Å²) in [6, 6.07) is 19.0. The molecule has 0 saturated carbocycles. The van der Waals surface area contributed by atoms with Crippen LogP contribution in [0.15, 0.2) is 60.7 Å². The molecule has 1 amide bonds. The van der Waals surface area contributed by atoms with E-state index in [-0.39, 0.29) is 35.2 Å². The van der Waals surface area contributed by atoms with Crippen molar-refractivity contribution in [2.45, 2.75) is 64.2 Å². The second kappa shape index (κ2) is 16.2. The first-order chi connectivity index (χ1) is 17.6. The van der Waals surface area contributed by atoms with Gasteiger partial charge in [0.1, 0.15) is 11.7 Å². The van der Waals surface area contributed by atoms with Gasteiger partial charge in [-0.25, -0.2) is 0 Å². The number of carbonyl (C=O) groups excluding carboxylic acids is 3. The van der Waals surface area contributed by atoms with Gasteiger partial charge in [0.15, 0.2) is 11.6 Å². The molecule has 0 radical (unpaired) electrons. The summed E-state index contributed by atoms with van der Waals surface area (Å²) in [6.07, 6.45) is 0.309. The Morgan fingerprint density at radius 1 is 0.923 bits per heavy atom. The van der Waals surface area contributed by atoms with E-state index in [4.69, 9.17) is 14.0 Å². The molecule has 0 aliphatic rings. The van der Waals surface area contributed by atoms with Gasteiger partial charge in [-0.05, 0) is 38.8 Å². The van der Waals surface area contributed by atoms with Crippen molar-refractivity contribution >= 4 is 27.6 Å². The van der Waals surface area contributed by atoms with Crippen molar-refractivity contribution in [1.29, 1.82) is 0 Å². The quantitative estimate of drug-likeness (QED) is 0.351. The number of carbonyl (C=O) groups is 3. The SMILES string of the molecule is COC(CC(=O)NC(C)(C)CS(=O)(=O)O)(Cc1ccccc1)C(C)=O.COC(Cc1ccccc1)C(C)=O.F. The molecule has 2 atom stereocenters. The largest absolute Gasteiger partial charge is 0.373 e. The van der Waals surface area contributed by atoms with Gasteiger partial charge in [-0.2, -0.15) is 8.42 Å². The summed E-state index contributed by atoms with van der Waals surface area (Å²) >= 11 is 0. The maximum absolute atomic E-state index is 12.4. The number of benzene rings is 2. The summed E-state index contributed by atoms with van der Waals surface area (Å²) in [6.45, 7) is 5.84. The Labute approximate surface area is 230 Å². The predicted molar refractivity (Wildman–Crippen MR) is 148 cm³/mol. The van der Waals surface area contributed by atoms with Gasteiger partial charge in [-0.3, -0.25) is 23.6 Å². The molecule has 2 aromatic rings. The van der Waals surface area contributed by atoms with E-state index < -0.39 is 32.9 Å². The third-order valence-corrected chi connectivity index (χ3v) is 6.92. The molecule has 39 heavy (non-hydrogen) atoms. The van der Waals surface area contributed by atoms with Gasteiger partial charge in [0.05, 0.1) is 17.7 Å². The van der Waals surface area contributed by atoms with E-state index in [0.29, 0.717) is 6.42 Å². The first-order valence-corrected chi connectivity index (χ1v) is 13.7. The maximum atomic E-state index is 12.4. The third kappa shape index (κ3) is 13.6. The number of halogens is 1. The Hall–Kier alpha value is -2.99. The zero-order valence-corrected chi connectivity index (χ0v) is 24.1. The molecule has 218 valence electrons. The maximum Gasteiger partial charge on any atom is 0.267 e. The van der Waals surface area contributed by atoms with Gasteiger partial charge in [0, 0.05) is 27.1 Å². The average molecular weight is 570 g/mol. The lowest BCUT2D eigenvalue weighted by molar-refractivity contribution is -0.146. The Kier molecular flexibility index (Phi) is 15.0. The molecule has 2 rings (SSSR count). The number of ketones is 2. The van der Waals surface area contributed by atoms with Crippen LogP contribution in [-0.4, -0.2) is 67.7 Å². The van der Waals surface area contributed by atoms with Crippen molar-refractivity contribution in [2.75, 3.05) is 20.0 Å². The molecular formula is C28H40FNO8S. The molecule has 0 heterocycles. The number of amides is 1. The zero-order chi connectivity index (χ0) is 29.0. The molecule has 0 spiro atoms. The summed E-state index contributed by atoms with van der Waals surface area (Å²) in [7, 11) is -1.33. The molecule has 0 saturated heterocycles. The van der Waals surface area contributed by atoms with Gasteiger partial charge in [0.2, 0.25) is 5.91 Å². The fraction of sp³-hybridized carbons (Fsp3) is 0.464. The van der Waals surface area contributed by atoms with Crippen LogP contribution in [0.4, 0.5) is 4.70 Å². The van der Waals surface area contributed by atoms with Gasteiger partial charge in [-0.1, -0.05) is 60.7 Å². The monoisotopic (exact) mass is 569 g/mol. The lowest BCUT2D eigenvalue weighted by Gasteiger charge is -2.32. The van der Waals surface area contributed by atoms with Crippen LogP contribution in [0, 0.1) is 0 Å². The number of Topliss-reactive ketones (excluding diaryl/α,β-unsaturated/α-hetero) is 2. The van der Waals surface area contributed by atoms with Crippen LogP contribution in [0.3, 0.4) is 0 Å². The minimum Gasteiger partial charge on any atom is -0.373 e. The summed E-state index contributed by atoms with van der Waals surface area (Å²) in [5.74, 6) is -1.40. The summed E-state index contributed by atoms with van der Waals surface area (Å²) in [5.41, 5.74) is -0.568. The lowest BCUT2D eigenvalue weighted by atomic mass is 9.86. The summed E-state index contributed by atoms with van der Waals surface area (Å²) < 4.78 is 41.5. The number of nitrogens with one attached hydrogen (secondary N) is 1. The van der Waals surface area contributed by atoms with Gasteiger partial charge in [0.25, 0.3) is 10.1 Å². The highest BCUT2D eigenvalue weighted by molar-refractivity contribution is 7.85. The van der Waals surface area contributed by atoms with E-state index in [9.17, 15) is 22.8 Å². The van der Waals surface area contributed by atoms with Crippen LogP contribution in [0.1, 0.15) is 45.2 Å². The highest BCUT2D eigenvalue weighted by Crippen LogP contribution is 2.24. The number of rotatable bonds is 13. The van der Waals surface area contributed by atoms with Crippen LogP contribution in [0.2, 0.25) is 0 Å². The lowest BCUT2D eigenvalue weighted by Crippen LogP contribution is -2.52. The van der Waals surface area contributed by atoms with E-state index in [2.05, 4.69) is 5.32 Å². The van der Waals surface area contributed by atoms with E-state index in [1.54, 1.807) is 14.0 Å². The summed E-state index contributed by atoms with van der Waals surface area (Å²) in [5, 5.41) is 2.53. The third-order valence-electron chi connectivity index (χ3n) is 5.83. The van der Waals surface area contributed by atoms with E-state index in [1.807, 2.05) is 60.7 Å². The van der Waals surface area contributed by atoms with Crippen LogP contribution in [0.5, 0.6) is 0 Å².